The van der Waals surface area contributed by atoms with Gasteiger partial charge in [-0.15, -0.1) is 0 Å². The van der Waals surface area contributed by atoms with Crippen LogP contribution in [0.4, 0.5) is 0 Å². The van der Waals surface area contributed by atoms with Crippen molar-refractivity contribution < 1.29 is 9.21 Å². The molecule has 0 spiro atoms. The molecule has 0 atom stereocenters. The predicted octanol–water partition coefficient (Wildman–Crippen LogP) is 2.56. The second-order valence-corrected chi connectivity index (χ2v) is 3.39. The molecule has 0 amide bonds. The third kappa shape index (κ3) is 0.856. The monoisotopic (exact) mass is 172 g/mol. The van der Waals surface area contributed by atoms with Crippen LogP contribution in [0.5, 0.6) is 0 Å². The van der Waals surface area contributed by atoms with E-state index in [1.165, 1.54) is 0 Å². The van der Waals surface area contributed by atoms with Crippen molar-refractivity contribution in [1.29, 1.82) is 0 Å². The van der Waals surface area contributed by atoms with E-state index in [4.69, 9.17) is 4.42 Å². The van der Waals surface area contributed by atoms with Gasteiger partial charge in [-0.3, -0.25) is 4.79 Å². The summed E-state index contributed by atoms with van der Waals surface area (Å²) < 4.78 is 5.27. The Morgan fingerprint density at radius 1 is 1.23 bits per heavy atom. The predicted molar refractivity (Wildman–Crippen MR) is 48.9 cm³/mol. The third-order valence-corrected chi connectivity index (χ3v) is 2.60. The molecular weight excluding hydrogens is 164 g/mol. The Bertz CT molecular complexity index is 494. The summed E-state index contributed by atoms with van der Waals surface area (Å²) in [5, 5.41) is 1.02. The highest BCUT2D eigenvalue weighted by Crippen LogP contribution is 2.27. The SMILES string of the molecule is O=C1CCc2cc3occc3cc21. The molecule has 1 aliphatic carbocycles. The van der Waals surface area contributed by atoms with Gasteiger partial charge in [-0.25, -0.2) is 0 Å². The molecule has 0 radical (unpaired) electrons. The molecule has 1 aromatic carbocycles. The van der Waals surface area contributed by atoms with E-state index in [1.54, 1.807) is 6.26 Å². The van der Waals surface area contributed by atoms with Crippen LogP contribution in [0.15, 0.2) is 28.9 Å². The Kier molecular flexibility index (Phi) is 1.18. The molecule has 0 fully saturated rings. The summed E-state index contributed by atoms with van der Waals surface area (Å²) in [6.45, 7) is 0. The second kappa shape index (κ2) is 2.22. The van der Waals surface area contributed by atoms with Crippen molar-refractivity contribution in [2.45, 2.75) is 12.8 Å². The zero-order chi connectivity index (χ0) is 8.84. The van der Waals surface area contributed by atoms with Crippen LogP contribution in [-0.4, -0.2) is 5.78 Å². The molecule has 0 N–H and O–H groups in total. The molecule has 0 bridgehead atoms. The topological polar surface area (TPSA) is 30.2 Å². The fourth-order valence-corrected chi connectivity index (χ4v) is 1.90. The Labute approximate surface area is 75.2 Å². The maximum absolute atomic E-state index is 11.4. The van der Waals surface area contributed by atoms with E-state index in [2.05, 4.69) is 0 Å². The highest BCUT2D eigenvalue weighted by molar-refractivity contribution is 6.03. The number of furan rings is 1. The molecule has 64 valence electrons. The summed E-state index contributed by atoms with van der Waals surface area (Å²) in [4.78, 5) is 11.4. The van der Waals surface area contributed by atoms with Crippen molar-refractivity contribution in [3.8, 4) is 0 Å². The minimum atomic E-state index is 0.262. The average Bonchev–Trinajstić information content (AvgIpc) is 2.70. The van der Waals surface area contributed by atoms with E-state index < -0.39 is 0 Å². The largest absolute Gasteiger partial charge is 0.464 e. The van der Waals surface area contributed by atoms with Crippen molar-refractivity contribution in [2.24, 2.45) is 0 Å². The third-order valence-electron chi connectivity index (χ3n) is 2.60. The number of rotatable bonds is 0. The van der Waals surface area contributed by atoms with Gasteiger partial charge in [0, 0.05) is 17.4 Å². The van der Waals surface area contributed by atoms with E-state index in [9.17, 15) is 4.79 Å². The molecule has 0 saturated carbocycles. The summed E-state index contributed by atoms with van der Waals surface area (Å²) in [6, 6.07) is 5.81. The number of aryl methyl sites for hydroxylation is 1. The van der Waals surface area contributed by atoms with Crippen LogP contribution in [0.2, 0.25) is 0 Å². The van der Waals surface area contributed by atoms with Crippen molar-refractivity contribution in [1.82, 2.24) is 0 Å². The van der Waals surface area contributed by atoms with Crippen LogP contribution < -0.4 is 0 Å². The molecule has 2 heteroatoms. The molecule has 1 aromatic heterocycles. The van der Waals surface area contributed by atoms with Crippen molar-refractivity contribution in [2.75, 3.05) is 0 Å². The molecule has 1 aliphatic rings. The molecule has 1 heterocycles. The number of ketones is 1. The Morgan fingerprint density at radius 3 is 3.08 bits per heavy atom. The molecule has 2 aromatic rings. The first-order chi connectivity index (χ1) is 6.34. The first-order valence-corrected chi connectivity index (χ1v) is 4.38. The zero-order valence-corrected chi connectivity index (χ0v) is 7.04. The number of benzene rings is 1. The molecule has 0 aliphatic heterocycles. The lowest BCUT2D eigenvalue weighted by atomic mass is 10.1. The maximum atomic E-state index is 11.4. The number of hydrogen-bond donors (Lipinski definition) is 0. The lowest BCUT2D eigenvalue weighted by molar-refractivity contribution is 0.0994. The van der Waals surface area contributed by atoms with Gasteiger partial charge in [0.15, 0.2) is 5.78 Å². The molecule has 2 nitrogen and oxygen atoms in total. The van der Waals surface area contributed by atoms with Gasteiger partial charge >= 0.3 is 0 Å². The van der Waals surface area contributed by atoms with Gasteiger partial charge in [-0.05, 0) is 30.2 Å². The van der Waals surface area contributed by atoms with E-state index in [0.29, 0.717) is 6.42 Å². The Balaban J connectivity index is 2.40. The highest BCUT2D eigenvalue weighted by atomic mass is 16.3. The lowest BCUT2D eigenvalue weighted by Crippen LogP contribution is -1.89. The number of carbonyl (C=O) groups is 1. The number of Topliss-reactive ketones (excluding diaryl/α,β-unsaturated/α-hetero) is 1. The molecular formula is C11H8O2. The van der Waals surface area contributed by atoms with E-state index >= 15 is 0 Å². The van der Waals surface area contributed by atoms with Gasteiger partial charge in [-0.1, -0.05) is 0 Å². The normalized spacial score (nSPS) is 15.2. The minimum absolute atomic E-state index is 0.262. The molecule has 0 unspecified atom stereocenters. The van der Waals surface area contributed by atoms with Crippen LogP contribution in [-0.2, 0) is 6.42 Å². The van der Waals surface area contributed by atoms with E-state index in [0.717, 1.165) is 28.5 Å². The molecule has 3 rings (SSSR count). The summed E-state index contributed by atoms with van der Waals surface area (Å²) in [5.74, 6) is 0.262. The van der Waals surface area contributed by atoms with Gasteiger partial charge in [0.2, 0.25) is 0 Å². The summed E-state index contributed by atoms with van der Waals surface area (Å²) in [5.41, 5.74) is 2.90. The highest BCUT2D eigenvalue weighted by Gasteiger charge is 2.20. The van der Waals surface area contributed by atoms with Crippen molar-refractivity contribution in [3.05, 3.63) is 35.6 Å². The number of fused-ring (bicyclic) bond motifs is 2. The first kappa shape index (κ1) is 6.89. The second-order valence-electron chi connectivity index (χ2n) is 3.39. The van der Waals surface area contributed by atoms with Crippen LogP contribution in [0.3, 0.4) is 0 Å². The first-order valence-electron chi connectivity index (χ1n) is 4.38. The lowest BCUT2D eigenvalue weighted by Gasteiger charge is -1.95. The van der Waals surface area contributed by atoms with E-state index in [1.807, 2.05) is 18.2 Å². The fourth-order valence-electron chi connectivity index (χ4n) is 1.90. The quantitative estimate of drug-likeness (QED) is 0.611. The summed E-state index contributed by atoms with van der Waals surface area (Å²) >= 11 is 0. The standard InChI is InChI=1S/C11H8O2/c12-10-2-1-7-6-11-8(3-4-13-11)5-9(7)10/h3-6H,1-2H2. The van der Waals surface area contributed by atoms with Gasteiger partial charge in [0.25, 0.3) is 0 Å². The zero-order valence-electron chi connectivity index (χ0n) is 7.04. The van der Waals surface area contributed by atoms with Crippen LogP contribution >= 0.6 is 0 Å². The van der Waals surface area contributed by atoms with Crippen molar-refractivity contribution in [3.63, 3.8) is 0 Å². The van der Waals surface area contributed by atoms with E-state index in [-0.39, 0.29) is 5.78 Å². The molecule has 0 saturated heterocycles. The van der Waals surface area contributed by atoms with Gasteiger partial charge < -0.3 is 4.42 Å². The van der Waals surface area contributed by atoms with Crippen LogP contribution in [0.1, 0.15) is 22.3 Å². The smallest absolute Gasteiger partial charge is 0.163 e. The maximum Gasteiger partial charge on any atom is 0.163 e. The number of carbonyl (C=O) groups excluding carboxylic acids is 1. The van der Waals surface area contributed by atoms with Crippen LogP contribution in [0.25, 0.3) is 11.0 Å². The van der Waals surface area contributed by atoms with Gasteiger partial charge in [0.05, 0.1) is 6.26 Å². The van der Waals surface area contributed by atoms with Gasteiger partial charge in [-0.2, -0.15) is 0 Å². The van der Waals surface area contributed by atoms with Crippen LogP contribution in [0, 0.1) is 0 Å². The van der Waals surface area contributed by atoms with Gasteiger partial charge in [0.1, 0.15) is 5.58 Å². The fraction of sp³-hybridized carbons (Fsp3) is 0.182. The Hall–Kier alpha value is -1.57. The molecule has 13 heavy (non-hydrogen) atoms. The average molecular weight is 172 g/mol. The minimum Gasteiger partial charge on any atom is -0.464 e. The Morgan fingerprint density at radius 2 is 2.15 bits per heavy atom. The summed E-state index contributed by atoms with van der Waals surface area (Å²) in [6.07, 6.45) is 3.18. The number of hydrogen-bond acceptors (Lipinski definition) is 2. The van der Waals surface area contributed by atoms with Crippen molar-refractivity contribution >= 4 is 16.8 Å². The summed E-state index contributed by atoms with van der Waals surface area (Å²) in [7, 11) is 0.